The Labute approximate surface area is 205 Å². The van der Waals surface area contributed by atoms with Gasteiger partial charge in [-0.3, -0.25) is 0 Å². The fraction of sp³-hybridized carbons (Fsp3) is 0.583. The molecule has 2 N–H and O–H groups in total. The molecule has 2 aliphatic rings. The lowest BCUT2D eigenvalue weighted by Gasteiger charge is -2.34. The minimum atomic E-state index is -0.561. The highest BCUT2D eigenvalue weighted by Gasteiger charge is 2.28. The Bertz CT molecular complexity index is 1010. The molecule has 4 heterocycles. The van der Waals surface area contributed by atoms with Gasteiger partial charge in [0.25, 0.3) is 0 Å². The Kier molecular flexibility index (Phi) is 7.54. The number of ether oxygens (including phenoxy) is 1. The van der Waals surface area contributed by atoms with Gasteiger partial charge in [0, 0.05) is 45.3 Å². The summed E-state index contributed by atoms with van der Waals surface area (Å²) in [5.41, 5.74) is 0.156. The van der Waals surface area contributed by atoms with Gasteiger partial charge in [0.05, 0.1) is 18.1 Å². The summed E-state index contributed by atoms with van der Waals surface area (Å²) in [5.74, 6) is 0.745. The van der Waals surface area contributed by atoms with E-state index in [0.717, 1.165) is 51.0 Å². The zero-order valence-electron chi connectivity index (χ0n) is 20.9. The summed E-state index contributed by atoms with van der Waals surface area (Å²) in [5, 5.41) is 6.23. The van der Waals surface area contributed by atoms with Crippen LogP contribution in [0.3, 0.4) is 0 Å². The molecule has 10 nitrogen and oxygen atoms in total. The topological polar surface area (TPSA) is 98.8 Å². The van der Waals surface area contributed by atoms with Crippen LogP contribution in [-0.4, -0.2) is 88.8 Å². The van der Waals surface area contributed by atoms with E-state index in [0.29, 0.717) is 18.8 Å². The van der Waals surface area contributed by atoms with Crippen LogP contribution in [0, 0.1) is 5.82 Å². The number of piperidine rings is 1. The van der Waals surface area contributed by atoms with E-state index in [1.165, 1.54) is 0 Å². The molecule has 0 spiro atoms. The Hall–Kier alpha value is -3.21. The van der Waals surface area contributed by atoms with Crippen LogP contribution in [-0.2, 0) is 4.74 Å². The molecule has 1 atom stereocenters. The molecule has 11 heteroatoms. The first-order valence-electron chi connectivity index (χ1n) is 12.1. The lowest BCUT2D eigenvalue weighted by atomic mass is 10.1. The molecule has 1 amide bonds. The Balaban J connectivity index is 1.37. The molecule has 35 heavy (non-hydrogen) atoms. The molecule has 2 aromatic rings. The monoisotopic (exact) mass is 486 g/mol. The van der Waals surface area contributed by atoms with Crippen molar-refractivity contribution < 1.29 is 13.9 Å². The normalized spacial score (nSPS) is 19.4. The van der Waals surface area contributed by atoms with Crippen LogP contribution in [0.1, 0.15) is 33.6 Å². The van der Waals surface area contributed by atoms with Gasteiger partial charge in [-0.15, -0.1) is 0 Å². The predicted octanol–water partition coefficient (Wildman–Crippen LogP) is 3.32. The molecule has 2 aliphatic heterocycles. The number of carbonyl (C=O) groups is 1. The Morgan fingerprint density at radius 1 is 1.11 bits per heavy atom. The van der Waals surface area contributed by atoms with Gasteiger partial charge >= 0.3 is 6.09 Å². The highest BCUT2D eigenvalue weighted by Crippen LogP contribution is 2.22. The molecule has 0 aliphatic carbocycles. The number of halogens is 1. The van der Waals surface area contributed by atoms with Gasteiger partial charge < -0.3 is 30.1 Å². The first kappa shape index (κ1) is 24.9. The van der Waals surface area contributed by atoms with Crippen LogP contribution < -0.4 is 15.5 Å². The summed E-state index contributed by atoms with van der Waals surface area (Å²) in [6, 6.07) is 3.74. The van der Waals surface area contributed by atoms with E-state index in [1.54, 1.807) is 11.1 Å². The van der Waals surface area contributed by atoms with Crippen LogP contribution in [0.5, 0.6) is 0 Å². The lowest BCUT2D eigenvalue weighted by Crippen LogP contribution is -2.47. The molecule has 0 aromatic carbocycles. The van der Waals surface area contributed by atoms with E-state index >= 15 is 0 Å². The Morgan fingerprint density at radius 3 is 2.57 bits per heavy atom. The van der Waals surface area contributed by atoms with E-state index in [9.17, 15) is 9.18 Å². The van der Waals surface area contributed by atoms with E-state index < -0.39 is 11.4 Å². The van der Waals surface area contributed by atoms with Crippen molar-refractivity contribution in [3.63, 3.8) is 0 Å². The summed E-state index contributed by atoms with van der Waals surface area (Å²) in [4.78, 5) is 31.6. The van der Waals surface area contributed by atoms with Crippen LogP contribution >= 0.6 is 0 Å². The van der Waals surface area contributed by atoms with Crippen molar-refractivity contribution in [1.29, 1.82) is 0 Å². The summed E-state index contributed by atoms with van der Waals surface area (Å²) >= 11 is 0. The van der Waals surface area contributed by atoms with Crippen LogP contribution in [0.4, 0.5) is 32.5 Å². The Morgan fingerprint density at radius 2 is 1.89 bits per heavy atom. The number of carbonyl (C=O) groups excluding carboxylic acids is 1. The number of likely N-dealkylation sites (N-methyl/N-ethyl adjacent to an activating group) is 1. The van der Waals surface area contributed by atoms with Gasteiger partial charge in [-0.25, -0.2) is 19.2 Å². The summed E-state index contributed by atoms with van der Waals surface area (Å²) in [6.45, 7) is 10.5. The molecular weight excluding hydrogens is 451 g/mol. The second-order valence-corrected chi connectivity index (χ2v) is 10.1. The largest absolute Gasteiger partial charge is 0.444 e. The van der Waals surface area contributed by atoms with Gasteiger partial charge in [-0.05, 0) is 52.8 Å². The highest BCUT2D eigenvalue weighted by molar-refractivity contribution is 5.68. The van der Waals surface area contributed by atoms with E-state index in [4.69, 9.17) is 4.74 Å². The van der Waals surface area contributed by atoms with Crippen LogP contribution in [0.15, 0.2) is 24.5 Å². The number of aromatic nitrogens is 3. The van der Waals surface area contributed by atoms with E-state index in [-0.39, 0.29) is 23.9 Å². The first-order chi connectivity index (χ1) is 16.7. The second kappa shape index (κ2) is 10.6. The fourth-order valence-corrected chi connectivity index (χ4v) is 4.12. The number of likely N-dealkylation sites (tertiary alicyclic amines) is 1. The van der Waals surface area contributed by atoms with E-state index in [1.807, 2.05) is 32.9 Å². The number of anilines is 4. The summed E-state index contributed by atoms with van der Waals surface area (Å²) < 4.78 is 20.0. The molecule has 2 saturated heterocycles. The highest BCUT2D eigenvalue weighted by atomic mass is 19.1. The third-order valence-electron chi connectivity index (χ3n) is 5.99. The smallest absolute Gasteiger partial charge is 0.410 e. The quantitative estimate of drug-likeness (QED) is 0.659. The van der Waals surface area contributed by atoms with Gasteiger partial charge in [0.2, 0.25) is 5.95 Å². The number of amides is 1. The first-order valence-corrected chi connectivity index (χ1v) is 12.1. The van der Waals surface area contributed by atoms with Gasteiger partial charge in [0.1, 0.15) is 11.4 Å². The van der Waals surface area contributed by atoms with Crippen molar-refractivity contribution in [2.45, 2.75) is 45.3 Å². The molecule has 0 bridgehead atoms. The van der Waals surface area contributed by atoms with Gasteiger partial charge in [0.15, 0.2) is 11.6 Å². The van der Waals surface area contributed by atoms with Crippen molar-refractivity contribution in [2.75, 3.05) is 61.8 Å². The number of nitrogens with one attached hydrogen (secondary N) is 2. The van der Waals surface area contributed by atoms with Crippen molar-refractivity contribution in [2.24, 2.45) is 0 Å². The van der Waals surface area contributed by atoms with Crippen molar-refractivity contribution in [3.8, 4) is 0 Å². The average molecular weight is 487 g/mol. The number of rotatable bonds is 5. The average Bonchev–Trinajstić information content (AvgIpc) is 2.81. The minimum absolute atomic E-state index is 0.0977. The summed E-state index contributed by atoms with van der Waals surface area (Å²) in [7, 11) is 2.12. The van der Waals surface area contributed by atoms with Crippen molar-refractivity contribution >= 4 is 29.4 Å². The maximum Gasteiger partial charge on any atom is 0.410 e. The molecule has 190 valence electrons. The van der Waals surface area contributed by atoms with E-state index in [2.05, 4.69) is 42.4 Å². The van der Waals surface area contributed by atoms with Gasteiger partial charge in [-0.1, -0.05) is 0 Å². The zero-order chi connectivity index (χ0) is 25.0. The SMILES string of the molecule is CN1CCN(c2ccc(Nc3ncc(F)c(NC4CCCN(C(=O)OC(C)(C)C)C4)n3)cn2)CC1. The number of hydrogen-bond donors (Lipinski definition) is 2. The maximum absolute atomic E-state index is 14.5. The number of piperazine rings is 1. The molecule has 2 fully saturated rings. The number of pyridine rings is 1. The maximum atomic E-state index is 14.5. The predicted molar refractivity (Wildman–Crippen MR) is 134 cm³/mol. The van der Waals surface area contributed by atoms with Gasteiger partial charge in [-0.2, -0.15) is 4.98 Å². The fourth-order valence-electron chi connectivity index (χ4n) is 4.12. The molecular formula is C24H35FN8O2. The number of nitrogens with zero attached hydrogens (tertiary/aromatic N) is 6. The molecule has 0 saturated carbocycles. The summed E-state index contributed by atoms with van der Waals surface area (Å²) in [6.07, 6.45) is 4.09. The zero-order valence-corrected chi connectivity index (χ0v) is 20.9. The molecule has 0 radical (unpaired) electrons. The van der Waals surface area contributed by atoms with Crippen molar-refractivity contribution in [1.82, 2.24) is 24.8 Å². The minimum Gasteiger partial charge on any atom is -0.444 e. The number of hydrogen-bond acceptors (Lipinski definition) is 9. The standard InChI is InChI=1S/C24H35FN8O2/c1-24(2,3)35-23(34)33-9-5-6-18(16-33)28-21-19(25)15-27-22(30-21)29-17-7-8-20(26-14-17)32-12-10-31(4)11-13-32/h7-8,14-15,18H,5-6,9-13,16H2,1-4H3,(H2,27,28,29,30). The molecule has 2 aromatic heterocycles. The second-order valence-electron chi connectivity index (χ2n) is 10.1. The molecule has 4 rings (SSSR count). The molecule has 1 unspecified atom stereocenters. The van der Waals surface area contributed by atoms with Crippen LogP contribution in [0.25, 0.3) is 0 Å². The van der Waals surface area contributed by atoms with Crippen LogP contribution in [0.2, 0.25) is 0 Å². The third-order valence-corrected chi connectivity index (χ3v) is 5.99. The third kappa shape index (κ3) is 6.91. The van der Waals surface area contributed by atoms with Crippen molar-refractivity contribution in [3.05, 3.63) is 30.3 Å². The lowest BCUT2D eigenvalue weighted by molar-refractivity contribution is 0.0206.